The second-order valence-corrected chi connectivity index (χ2v) is 10.9. The number of amides is 3. The molecule has 1 saturated carbocycles. The number of ether oxygens (including phenoxy) is 1. The van der Waals surface area contributed by atoms with Crippen LogP contribution < -0.4 is 21.0 Å². The van der Waals surface area contributed by atoms with Gasteiger partial charge >= 0.3 is 5.63 Å². The second-order valence-electron chi connectivity index (χ2n) is 10.9. The number of carbonyl (C=O) groups is 3. The Balaban J connectivity index is 1.28. The molecule has 0 spiro atoms. The molecule has 2 fully saturated rings. The smallest absolute Gasteiger partial charge is 0.336 e. The number of carbonyl (C=O) groups excluding carboxylic acids is 3. The quantitative estimate of drug-likeness (QED) is 0.414. The van der Waals surface area contributed by atoms with E-state index in [0.29, 0.717) is 42.6 Å². The first kappa shape index (κ1) is 28.6. The molecule has 1 aromatic heterocycles. The molecule has 0 unspecified atom stereocenters. The lowest BCUT2D eigenvalue weighted by molar-refractivity contribution is -0.143. The molecule has 2 aliphatic rings. The number of benzene rings is 1. The predicted octanol–water partition coefficient (Wildman–Crippen LogP) is 2.21. The molecular formula is C29H39N3O7. The van der Waals surface area contributed by atoms with Crippen LogP contribution in [-0.2, 0) is 20.8 Å². The third-order valence-corrected chi connectivity index (χ3v) is 7.87. The van der Waals surface area contributed by atoms with E-state index in [9.17, 15) is 24.3 Å². The first-order valence-electron chi connectivity index (χ1n) is 13.9. The van der Waals surface area contributed by atoms with Crippen LogP contribution in [0.1, 0.15) is 63.5 Å². The van der Waals surface area contributed by atoms with E-state index in [1.807, 2.05) is 13.8 Å². The molecule has 2 aromatic rings. The van der Waals surface area contributed by atoms with Crippen LogP contribution in [0.15, 0.2) is 27.4 Å². The molecule has 4 rings (SSSR count). The summed E-state index contributed by atoms with van der Waals surface area (Å²) in [5.41, 5.74) is 0.898. The third kappa shape index (κ3) is 6.79. The normalized spacial score (nSPS) is 21.6. The molecule has 0 bridgehead atoms. The molecule has 1 aliphatic carbocycles. The molecule has 39 heavy (non-hydrogen) atoms. The summed E-state index contributed by atoms with van der Waals surface area (Å²) >= 11 is 0. The van der Waals surface area contributed by atoms with Crippen molar-refractivity contribution >= 4 is 28.7 Å². The molecule has 1 saturated heterocycles. The zero-order chi connectivity index (χ0) is 28.2. The molecule has 212 valence electrons. The van der Waals surface area contributed by atoms with Gasteiger partial charge in [0.15, 0.2) is 6.10 Å². The van der Waals surface area contributed by atoms with Gasteiger partial charge in [-0.25, -0.2) is 4.79 Å². The first-order valence-corrected chi connectivity index (χ1v) is 13.9. The lowest BCUT2D eigenvalue weighted by Crippen LogP contribution is -2.56. The van der Waals surface area contributed by atoms with Gasteiger partial charge in [-0.3, -0.25) is 14.4 Å². The van der Waals surface area contributed by atoms with Crippen LogP contribution in [0, 0.1) is 12.8 Å². The van der Waals surface area contributed by atoms with E-state index in [2.05, 4.69) is 10.6 Å². The van der Waals surface area contributed by atoms with Crippen LogP contribution in [0.25, 0.3) is 11.0 Å². The van der Waals surface area contributed by atoms with Crippen LogP contribution in [0.2, 0.25) is 0 Å². The van der Waals surface area contributed by atoms with Crippen molar-refractivity contribution in [3.05, 3.63) is 39.7 Å². The summed E-state index contributed by atoms with van der Waals surface area (Å²) < 4.78 is 11.4. The molecule has 10 heteroatoms. The number of hydrogen-bond acceptors (Lipinski definition) is 7. The third-order valence-electron chi connectivity index (χ3n) is 7.87. The van der Waals surface area contributed by atoms with Crippen molar-refractivity contribution in [3.63, 3.8) is 0 Å². The van der Waals surface area contributed by atoms with Gasteiger partial charge in [-0.1, -0.05) is 26.2 Å². The van der Waals surface area contributed by atoms with Gasteiger partial charge in [0.1, 0.15) is 11.3 Å². The Morgan fingerprint density at radius 3 is 2.74 bits per heavy atom. The summed E-state index contributed by atoms with van der Waals surface area (Å²) in [5, 5.41) is 16.6. The van der Waals surface area contributed by atoms with E-state index in [1.54, 1.807) is 24.0 Å². The molecule has 3 atom stereocenters. The number of nitrogens with one attached hydrogen (secondary N) is 2. The zero-order valence-corrected chi connectivity index (χ0v) is 23.0. The zero-order valence-electron chi connectivity index (χ0n) is 23.0. The van der Waals surface area contributed by atoms with Crippen LogP contribution in [0.3, 0.4) is 0 Å². The lowest BCUT2D eigenvalue weighted by atomic mass is 9.71. The van der Waals surface area contributed by atoms with Gasteiger partial charge in [0.05, 0.1) is 24.1 Å². The van der Waals surface area contributed by atoms with Gasteiger partial charge in [0.25, 0.3) is 5.91 Å². The summed E-state index contributed by atoms with van der Waals surface area (Å²) in [6.07, 6.45) is 4.89. The topological polar surface area (TPSA) is 138 Å². The number of aliphatic hydroxyl groups is 1. The van der Waals surface area contributed by atoms with Gasteiger partial charge in [0.2, 0.25) is 11.8 Å². The van der Waals surface area contributed by atoms with Crippen molar-refractivity contribution in [2.75, 3.05) is 26.2 Å². The SMILES string of the molecule is CCCc1cc(=O)oc2cc(C)cc(O[C@H](C)C(=O)NCC(=O)NCC(=O)N3CC[C@]4(O)CCCC[C@H]4C3)c12. The Labute approximate surface area is 228 Å². The van der Waals surface area contributed by atoms with E-state index in [4.69, 9.17) is 9.15 Å². The summed E-state index contributed by atoms with van der Waals surface area (Å²) in [4.78, 5) is 51.4. The molecule has 2 heterocycles. The van der Waals surface area contributed by atoms with E-state index in [0.717, 1.165) is 43.2 Å². The van der Waals surface area contributed by atoms with Crippen LogP contribution in [0.5, 0.6) is 5.75 Å². The highest BCUT2D eigenvalue weighted by Crippen LogP contribution is 2.39. The number of fused-ring (bicyclic) bond motifs is 2. The van der Waals surface area contributed by atoms with Crippen molar-refractivity contribution in [1.82, 2.24) is 15.5 Å². The highest BCUT2D eigenvalue weighted by Gasteiger charge is 2.43. The van der Waals surface area contributed by atoms with Gasteiger partial charge in [-0.05, 0) is 62.8 Å². The minimum atomic E-state index is -0.923. The second kappa shape index (κ2) is 12.2. The van der Waals surface area contributed by atoms with Crippen molar-refractivity contribution in [3.8, 4) is 5.75 Å². The molecule has 0 radical (unpaired) electrons. The maximum absolute atomic E-state index is 12.7. The summed E-state index contributed by atoms with van der Waals surface area (Å²) in [5.74, 6) is -0.655. The van der Waals surface area contributed by atoms with Crippen molar-refractivity contribution in [2.45, 2.75) is 77.4 Å². The number of likely N-dealkylation sites (tertiary alicyclic amines) is 1. The monoisotopic (exact) mass is 541 g/mol. The van der Waals surface area contributed by atoms with Crippen LogP contribution in [-0.4, -0.2) is 65.6 Å². The minimum absolute atomic E-state index is 0.0834. The molecule has 1 aliphatic heterocycles. The Morgan fingerprint density at radius 1 is 1.18 bits per heavy atom. The largest absolute Gasteiger partial charge is 0.480 e. The summed E-state index contributed by atoms with van der Waals surface area (Å²) in [6, 6.07) is 5.00. The number of piperidine rings is 1. The number of hydrogen-bond donors (Lipinski definition) is 3. The van der Waals surface area contributed by atoms with Crippen molar-refractivity contribution < 1.29 is 28.6 Å². The fourth-order valence-corrected chi connectivity index (χ4v) is 5.73. The Morgan fingerprint density at radius 2 is 1.97 bits per heavy atom. The Bertz CT molecular complexity index is 1290. The summed E-state index contributed by atoms with van der Waals surface area (Å²) in [7, 11) is 0. The summed E-state index contributed by atoms with van der Waals surface area (Å²) in [6.45, 7) is 5.95. The molecule has 1 aromatic carbocycles. The maximum Gasteiger partial charge on any atom is 0.336 e. The fraction of sp³-hybridized carbons (Fsp3) is 0.586. The number of aryl methyl sites for hydroxylation is 2. The first-order chi connectivity index (χ1) is 18.6. The number of nitrogens with zero attached hydrogens (tertiary/aromatic N) is 1. The Hall–Kier alpha value is -3.40. The highest BCUT2D eigenvalue weighted by molar-refractivity contribution is 5.91. The standard InChI is InChI=1S/C29H39N3O7/c1-4-7-20-14-26(35)39-23-13-18(2)12-22(27(20)23)38-19(3)28(36)31-15-24(33)30-16-25(34)32-11-10-29(37)9-6-5-8-21(29)17-32/h12-14,19,21,37H,4-11,15-17H2,1-3H3,(H,30,33)(H,31,36)/t19-,21+,29-/m1/s1. The fourth-order valence-electron chi connectivity index (χ4n) is 5.73. The lowest BCUT2D eigenvalue weighted by Gasteiger charge is -2.47. The minimum Gasteiger partial charge on any atom is -0.480 e. The van der Waals surface area contributed by atoms with Crippen molar-refractivity contribution in [2.24, 2.45) is 5.92 Å². The van der Waals surface area contributed by atoms with E-state index in [-0.39, 0.29) is 24.9 Å². The highest BCUT2D eigenvalue weighted by atomic mass is 16.5. The van der Waals surface area contributed by atoms with Crippen LogP contribution in [0.4, 0.5) is 0 Å². The van der Waals surface area contributed by atoms with E-state index < -0.39 is 29.1 Å². The molecular weight excluding hydrogens is 502 g/mol. The number of rotatable bonds is 9. The molecule has 3 N–H and O–H groups in total. The van der Waals surface area contributed by atoms with Gasteiger partial charge in [0, 0.05) is 25.1 Å². The van der Waals surface area contributed by atoms with Gasteiger partial charge in [-0.15, -0.1) is 0 Å². The molecule has 10 nitrogen and oxygen atoms in total. The average molecular weight is 542 g/mol. The maximum atomic E-state index is 12.7. The van der Waals surface area contributed by atoms with Gasteiger partial charge in [-0.2, -0.15) is 0 Å². The van der Waals surface area contributed by atoms with Crippen LogP contribution >= 0.6 is 0 Å². The average Bonchev–Trinajstić information content (AvgIpc) is 2.89. The Kier molecular flexibility index (Phi) is 8.94. The molecule has 3 amide bonds. The van der Waals surface area contributed by atoms with Crippen molar-refractivity contribution in [1.29, 1.82) is 0 Å². The van der Waals surface area contributed by atoms with E-state index in [1.165, 1.54) is 6.07 Å². The van der Waals surface area contributed by atoms with E-state index >= 15 is 0 Å². The van der Waals surface area contributed by atoms with Gasteiger partial charge < -0.3 is 29.8 Å². The predicted molar refractivity (Wildman–Crippen MR) is 145 cm³/mol.